The van der Waals surface area contributed by atoms with Crippen LogP contribution in [0.5, 0.6) is 0 Å². The number of hydrogen-bond donors (Lipinski definition) is 2. The maximum Gasteiger partial charge on any atom is 0.306 e. The fraction of sp³-hybridized carbons (Fsp3) is 0.533. The smallest absolute Gasteiger partial charge is 0.306 e. The first-order valence-electron chi connectivity index (χ1n) is 6.67. The van der Waals surface area contributed by atoms with Gasteiger partial charge in [0.2, 0.25) is 0 Å². The van der Waals surface area contributed by atoms with Crippen molar-refractivity contribution in [1.29, 1.82) is 0 Å². The second-order valence-corrected chi connectivity index (χ2v) is 5.01. The van der Waals surface area contributed by atoms with Gasteiger partial charge in [-0.1, -0.05) is 37.6 Å². The molecule has 4 heteroatoms. The SMILES string of the molecule is CCCc1ccc(CN(C)CC(O)CC(=O)O)cc1. The van der Waals surface area contributed by atoms with E-state index in [9.17, 15) is 9.90 Å². The Morgan fingerprint density at radius 2 is 1.84 bits per heavy atom. The maximum atomic E-state index is 10.5. The monoisotopic (exact) mass is 265 g/mol. The molecule has 0 fully saturated rings. The number of carbonyl (C=O) groups is 1. The first-order chi connectivity index (χ1) is 9.01. The van der Waals surface area contributed by atoms with Gasteiger partial charge in [-0.15, -0.1) is 0 Å². The predicted molar refractivity (Wildman–Crippen MR) is 75.0 cm³/mol. The van der Waals surface area contributed by atoms with Crippen LogP contribution in [0.25, 0.3) is 0 Å². The van der Waals surface area contributed by atoms with E-state index in [2.05, 4.69) is 31.2 Å². The molecule has 0 aromatic heterocycles. The van der Waals surface area contributed by atoms with Crippen LogP contribution in [0.1, 0.15) is 30.9 Å². The number of rotatable bonds is 8. The van der Waals surface area contributed by atoms with E-state index in [1.54, 1.807) is 0 Å². The van der Waals surface area contributed by atoms with E-state index in [1.807, 2.05) is 11.9 Å². The van der Waals surface area contributed by atoms with Crippen LogP contribution in [0.4, 0.5) is 0 Å². The molecular weight excluding hydrogens is 242 g/mol. The van der Waals surface area contributed by atoms with E-state index in [0.717, 1.165) is 12.8 Å². The maximum absolute atomic E-state index is 10.5. The summed E-state index contributed by atoms with van der Waals surface area (Å²) in [6.45, 7) is 3.23. The van der Waals surface area contributed by atoms with E-state index in [4.69, 9.17) is 5.11 Å². The average Bonchev–Trinajstić information content (AvgIpc) is 2.30. The number of aryl methyl sites for hydroxylation is 1. The second-order valence-electron chi connectivity index (χ2n) is 5.01. The molecule has 0 saturated heterocycles. The Labute approximate surface area is 114 Å². The lowest BCUT2D eigenvalue weighted by atomic mass is 10.1. The summed E-state index contributed by atoms with van der Waals surface area (Å²) in [6.07, 6.45) is 1.20. The lowest BCUT2D eigenvalue weighted by Crippen LogP contribution is -2.30. The molecule has 1 unspecified atom stereocenters. The van der Waals surface area contributed by atoms with Gasteiger partial charge < -0.3 is 10.2 Å². The first kappa shape index (κ1) is 15.7. The Hall–Kier alpha value is -1.39. The minimum absolute atomic E-state index is 0.209. The van der Waals surface area contributed by atoms with Gasteiger partial charge in [0.05, 0.1) is 12.5 Å². The Morgan fingerprint density at radius 1 is 1.26 bits per heavy atom. The Bertz CT molecular complexity index is 389. The molecule has 106 valence electrons. The number of nitrogens with zero attached hydrogens (tertiary/aromatic N) is 1. The number of aliphatic hydroxyl groups is 1. The van der Waals surface area contributed by atoms with Crippen LogP contribution in [0.2, 0.25) is 0 Å². The van der Waals surface area contributed by atoms with E-state index >= 15 is 0 Å². The van der Waals surface area contributed by atoms with Gasteiger partial charge in [0, 0.05) is 13.1 Å². The zero-order valence-electron chi connectivity index (χ0n) is 11.7. The van der Waals surface area contributed by atoms with Gasteiger partial charge in [-0.2, -0.15) is 0 Å². The first-order valence-corrected chi connectivity index (χ1v) is 6.67. The van der Waals surface area contributed by atoms with E-state index in [1.165, 1.54) is 11.1 Å². The van der Waals surface area contributed by atoms with Gasteiger partial charge in [-0.05, 0) is 24.6 Å². The van der Waals surface area contributed by atoms with Gasteiger partial charge in [0.15, 0.2) is 0 Å². The normalized spacial score (nSPS) is 12.6. The zero-order valence-corrected chi connectivity index (χ0v) is 11.7. The summed E-state index contributed by atoms with van der Waals surface area (Å²) in [5.74, 6) is -0.968. The fourth-order valence-electron chi connectivity index (χ4n) is 2.10. The Kier molecular flexibility index (Phi) is 6.53. The van der Waals surface area contributed by atoms with Crippen molar-refractivity contribution in [3.63, 3.8) is 0 Å². The van der Waals surface area contributed by atoms with Crippen LogP contribution in [-0.4, -0.2) is 40.8 Å². The van der Waals surface area contributed by atoms with Crippen LogP contribution in [0, 0.1) is 0 Å². The van der Waals surface area contributed by atoms with E-state index < -0.39 is 12.1 Å². The molecular formula is C15H23NO3. The standard InChI is InChI=1S/C15H23NO3/c1-3-4-12-5-7-13(8-6-12)10-16(2)11-14(17)9-15(18)19/h5-8,14,17H,3-4,9-11H2,1-2H3,(H,18,19). The number of aliphatic hydroxyl groups excluding tert-OH is 1. The zero-order chi connectivity index (χ0) is 14.3. The van der Waals surface area contributed by atoms with Gasteiger partial charge in [-0.3, -0.25) is 9.69 Å². The summed E-state index contributed by atoms with van der Waals surface area (Å²) in [5.41, 5.74) is 2.50. The van der Waals surface area contributed by atoms with Crippen molar-refractivity contribution in [3.05, 3.63) is 35.4 Å². The number of benzene rings is 1. The van der Waals surface area contributed by atoms with Crippen molar-refractivity contribution in [2.75, 3.05) is 13.6 Å². The highest BCUT2D eigenvalue weighted by molar-refractivity contribution is 5.67. The van der Waals surface area contributed by atoms with Crippen LogP contribution in [-0.2, 0) is 17.8 Å². The van der Waals surface area contributed by atoms with Crippen molar-refractivity contribution in [3.8, 4) is 0 Å². The molecule has 1 rings (SSSR count). The van der Waals surface area contributed by atoms with Crippen LogP contribution < -0.4 is 0 Å². The number of hydrogen-bond acceptors (Lipinski definition) is 3. The minimum Gasteiger partial charge on any atom is -0.481 e. The summed E-state index contributed by atoms with van der Waals surface area (Å²) >= 11 is 0. The van der Waals surface area contributed by atoms with E-state index in [0.29, 0.717) is 13.1 Å². The van der Waals surface area contributed by atoms with Crippen LogP contribution >= 0.6 is 0 Å². The summed E-state index contributed by atoms with van der Waals surface area (Å²) in [6, 6.07) is 8.43. The highest BCUT2D eigenvalue weighted by atomic mass is 16.4. The molecule has 0 amide bonds. The summed E-state index contributed by atoms with van der Waals surface area (Å²) in [4.78, 5) is 12.4. The highest BCUT2D eigenvalue weighted by Gasteiger charge is 2.12. The molecule has 0 aliphatic rings. The van der Waals surface area contributed by atoms with Crippen molar-refractivity contribution in [2.45, 2.75) is 38.8 Å². The molecule has 0 heterocycles. The number of carboxylic acid groups (broad SMARTS) is 1. The van der Waals surface area contributed by atoms with Crippen molar-refractivity contribution < 1.29 is 15.0 Å². The lowest BCUT2D eigenvalue weighted by molar-refractivity contribution is -0.139. The second kappa shape index (κ2) is 7.92. The third-order valence-corrected chi connectivity index (χ3v) is 2.95. The van der Waals surface area contributed by atoms with Gasteiger partial charge >= 0.3 is 5.97 Å². The molecule has 2 N–H and O–H groups in total. The van der Waals surface area contributed by atoms with Gasteiger partial charge in [0.1, 0.15) is 0 Å². The number of likely N-dealkylation sites (N-methyl/N-ethyl adjacent to an activating group) is 1. The average molecular weight is 265 g/mol. The Balaban J connectivity index is 2.43. The topological polar surface area (TPSA) is 60.8 Å². The fourth-order valence-corrected chi connectivity index (χ4v) is 2.10. The molecule has 1 atom stereocenters. The third kappa shape index (κ3) is 6.36. The lowest BCUT2D eigenvalue weighted by Gasteiger charge is -2.19. The molecule has 0 radical (unpaired) electrons. The largest absolute Gasteiger partial charge is 0.481 e. The molecule has 0 spiro atoms. The molecule has 0 bridgehead atoms. The Morgan fingerprint density at radius 3 is 2.37 bits per heavy atom. The molecule has 0 aliphatic heterocycles. The summed E-state index contributed by atoms with van der Waals surface area (Å²) < 4.78 is 0. The van der Waals surface area contributed by atoms with Crippen molar-refractivity contribution >= 4 is 5.97 Å². The summed E-state index contributed by atoms with van der Waals surface area (Å²) in [5, 5.41) is 18.1. The predicted octanol–water partition coefficient (Wildman–Crippen LogP) is 1.91. The molecule has 1 aromatic rings. The summed E-state index contributed by atoms with van der Waals surface area (Å²) in [7, 11) is 1.88. The molecule has 19 heavy (non-hydrogen) atoms. The molecule has 0 saturated carbocycles. The highest BCUT2D eigenvalue weighted by Crippen LogP contribution is 2.09. The quantitative estimate of drug-likeness (QED) is 0.753. The molecule has 1 aromatic carbocycles. The molecule has 0 aliphatic carbocycles. The van der Waals surface area contributed by atoms with Crippen molar-refractivity contribution in [2.24, 2.45) is 0 Å². The number of aliphatic carboxylic acids is 1. The van der Waals surface area contributed by atoms with Gasteiger partial charge in [0.25, 0.3) is 0 Å². The number of carboxylic acids is 1. The molecule has 4 nitrogen and oxygen atoms in total. The van der Waals surface area contributed by atoms with Gasteiger partial charge in [-0.25, -0.2) is 0 Å². The van der Waals surface area contributed by atoms with Crippen molar-refractivity contribution in [1.82, 2.24) is 4.90 Å². The van der Waals surface area contributed by atoms with Crippen LogP contribution in [0.15, 0.2) is 24.3 Å². The minimum atomic E-state index is -0.968. The van der Waals surface area contributed by atoms with E-state index in [-0.39, 0.29) is 6.42 Å². The third-order valence-electron chi connectivity index (χ3n) is 2.95. The van der Waals surface area contributed by atoms with Crippen LogP contribution in [0.3, 0.4) is 0 Å².